The molecule has 0 atom stereocenters. The van der Waals surface area contributed by atoms with E-state index in [1.54, 1.807) is 0 Å². The summed E-state index contributed by atoms with van der Waals surface area (Å²) in [5, 5.41) is 9.88. The Kier molecular flexibility index (Phi) is 1.67. The fraction of sp³-hybridized carbons (Fsp3) is 0.500. The second-order valence-corrected chi connectivity index (χ2v) is 4.09. The van der Waals surface area contributed by atoms with Crippen LogP contribution >= 0.6 is 0 Å². The van der Waals surface area contributed by atoms with Gasteiger partial charge in [0, 0.05) is 5.54 Å². The summed E-state index contributed by atoms with van der Waals surface area (Å²) in [5.74, 6) is 0. The molecule has 74 valence electrons. The first kappa shape index (κ1) is 8.86. The SMILES string of the molecule is CC(C)(C)n1cnc2n[nH]nc2c1=O. The maximum absolute atomic E-state index is 11.8. The monoisotopic (exact) mass is 193 g/mol. The van der Waals surface area contributed by atoms with Gasteiger partial charge in [-0.3, -0.25) is 9.36 Å². The van der Waals surface area contributed by atoms with Gasteiger partial charge in [0.25, 0.3) is 5.56 Å². The van der Waals surface area contributed by atoms with E-state index in [4.69, 9.17) is 0 Å². The van der Waals surface area contributed by atoms with Crippen molar-refractivity contribution >= 4 is 11.2 Å². The number of fused-ring (bicyclic) bond motifs is 1. The fourth-order valence-corrected chi connectivity index (χ4v) is 1.22. The Balaban J connectivity index is 2.81. The third-order valence-corrected chi connectivity index (χ3v) is 1.97. The molecule has 1 N–H and O–H groups in total. The summed E-state index contributed by atoms with van der Waals surface area (Å²) in [7, 11) is 0. The second-order valence-electron chi connectivity index (χ2n) is 4.09. The minimum absolute atomic E-state index is 0.170. The number of rotatable bonds is 0. The Bertz CT molecular complexity index is 518. The van der Waals surface area contributed by atoms with Crippen molar-refractivity contribution < 1.29 is 0 Å². The molecule has 6 heteroatoms. The van der Waals surface area contributed by atoms with Crippen LogP contribution < -0.4 is 5.56 Å². The number of H-pyrrole nitrogens is 1. The largest absolute Gasteiger partial charge is 0.292 e. The van der Waals surface area contributed by atoms with Gasteiger partial charge in [-0.25, -0.2) is 4.98 Å². The summed E-state index contributed by atoms with van der Waals surface area (Å²) >= 11 is 0. The highest BCUT2D eigenvalue weighted by molar-refractivity contribution is 5.66. The molecule has 2 rings (SSSR count). The number of nitrogens with zero attached hydrogens (tertiary/aromatic N) is 4. The summed E-state index contributed by atoms with van der Waals surface area (Å²) in [6, 6.07) is 0. The molecule has 0 bridgehead atoms. The topological polar surface area (TPSA) is 76.5 Å². The molecule has 0 amide bonds. The van der Waals surface area contributed by atoms with Gasteiger partial charge in [0.1, 0.15) is 6.33 Å². The molecule has 0 radical (unpaired) electrons. The lowest BCUT2D eigenvalue weighted by Gasteiger charge is -2.20. The molecule has 2 aromatic rings. The van der Waals surface area contributed by atoms with Gasteiger partial charge in [0.2, 0.25) is 5.65 Å². The lowest BCUT2D eigenvalue weighted by molar-refractivity contribution is 0.381. The van der Waals surface area contributed by atoms with Crippen molar-refractivity contribution in [3.63, 3.8) is 0 Å². The zero-order valence-electron chi connectivity index (χ0n) is 8.27. The average Bonchev–Trinajstić information content (AvgIpc) is 2.50. The van der Waals surface area contributed by atoms with Crippen molar-refractivity contribution in [1.29, 1.82) is 0 Å². The first-order valence-corrected chi connectivity index (χ1v) is 4.29. The minimum atomic E-state index is -0.294. The van der Waals surface area contributed by atoms with Gasteiger partial charge < -0.3 is 0 Å². The maximum Gasteiger partial charge on any atom is 0.283 e. The van der Waals surface area contributed by atoms with E-state index >= 15 is 0 Å². The predicted octanol–water partition coefficient (Wildman–Crippen LogP) is 0.270. The molecule has 6 nitrogen and oxygen atoms in total. The lowest BCUT2D eigenvalue weighted by atomic mass is 10.1. The number of aromatic nitrogens is 5. The molecular formula is C8H11N5O. The van der Waals surface area contributed by atoms with Crippen LogP contribution in [0.25, 0.3) is 11.2 Å². The molecule has 14 heavy (non-hydrogen) atoms. The first-order chi connectivity index (χ1) is 6.50. The van der Waals surface area contributed by atoms with E-state index in [0.29, 0.717) is 5.65 Å². The molecule has 0 aromatic carbocycles. The van der Waals surface area contributed by atoms with Crippen molar-refractivity contribution in [1.82, 2.24) is 25.0 Å². The fourth-order valence-electron chi connectivity index (χ4n) is 1.22. The predicted molar refractivity (Wildman–Crippen MR) is 50.9 cm³/mol. The third kappa shape index (κ3) is 1.19. The Hall–Kier alpha value is -1.72. The molecule has 0 aliphatic heterocycles. The third-order valence-electron chi connectivity index (χ3n) is 1.97. The van der Waals surface area contributed by atoms with Crippen LogP contribution in [-0.4, -0.2) is 25.0 Å². The van der Waals surface area contributed by atoms with Crippen LogP contribution in [0.2, 0.25) is 0 Å². The van der Waals surface area contributed by atoms with Crippen LogP contribution in [0.15, 0.2) is 11.1 Å². The van der Waals surface area contributed by atoms with Crippen LogP contribution in [0.5, 0.6) is 0 Å². The number of hydrogen-bond donors (Lipinski definition) is 1. The van der Waals surface area contributed by atoms with E-state index in [-0.39, 0.29) is 16.6 Å². The van der Waals surface area contributed by atoms with Crippen LogP contribution in [0.1, 0.15) is 20.8 Å². The van der Waals surface area contributed by atoms with Crippen LogP contribution in [0, 0.1) is 0 Å². The summed E-state index contributed by atoms with van der Waals surface area (Å²) in [4.78, 5) is 15.9. The van der Waals surface area contributed by atoms with Gasteiger partial charge in [0.15, 0.2) is 5.52 Å². The highest BCUT2D eigenvalue weighted by Gasteiger charge is 2.17. The highest BCUT2D eigenvalue weighted by atomic mass is 16.1. The summed E-state index contributed by atoms with van der Waals surface area (Å²) in [6.45, 7) is 5.80. The Morgan fingerprint density at radius 3 is 2.71 bits per heavy atom. The van der Waals surface area contributed by atoms with Gasteiger partial charge in [-0.15, -0.1) is 10.2 Å². The van der Waals surface area contributed by atoms with Crippen LogP contribution in [0.4, 0.5) is 0 Å². The molecule has 0 unspecified atom stereocenters. The van der Waals surface area contributed by atoms with Gasteiger partial charge in [0.05, 0.1) is 0 Å². The van der Waals surface area contributed by atoms with Gasteiger partial charge >= 0.3 is 0 Å². The first-order valence-electron chi connectivity index (χ1n) is 4.29. The zero-order chi connectivity index (χ0) is 10.3. The summed E-state index contributed by atoms with van der Waals surface area (Å²) in [6.07, 6.45) is 1.49. The summed E-state index contributed by atoms with van der Waals surface area (Å²) in [5.41, 5.74) is 0.172. The normalized spacial score (nSPS) is 12.2. The molecule has 2 aromatic heterocycles. The van der Waals surface area contributed by atoms with Crippen LogP contribution in [0.3, 0.4) is 0 Å². The van der Waals surface area contributed by atoms with Crippen molar-refractivity contribution in [2.45, 2.75) is 26.3 Å². The molecular weight excluding hydrogens is 182 g/mol. The van der Waals surface area contributed by atoms with Gasteiger partial charge in [-0.2, -0.15) is 5.21 Å². The molecule has 0 saturated heterocycles. The number of nitrogens with one attached hydrogen (secondary N) is 1. The van der Waals surface area contributed by atoms with E-state index < -0.39 is 0 Å². The van der Waals surface area contributed by atoms with E-state index in [0.717, 1.165) is 0 Å². The lowest BCUT2D eigenvalue weighted by Crippen LogP contribution is -2.33. The maximum atomic E-state index is 11.8. The quantitative estimate of drug-likeness (QED) is 0.651. The minimum Gasteiger partial charge on any atom is -0.292 e. The Labute approximate surface area is 80.0 Å². The van der Waals surface area contributed by atoms with Gasteiger partial charge in [-0.05, 0) is 20.8 Å². The van der Waals surface area contributed by atoms with E-state index in [1.807, 2.05) is 20.8 Å². The second kappa shape index (κ2) is 2.63. The van der Waals surface area contributed by atoms with Crippen molar-refractivity contribution in [3.8, 4) is 0 Å². The average molecular weight is 193 g/mol. The molecule has 0 fully saturated rings. The van der Waals surface area contributed by atoms with E-state index in [9.17, 15) is 4.79 Å². The van der Waals surface area contributed by atoms with E-state index in [1.165, 1.54) is 10.9 Å². The van der Waals surface area contributed by atoms with Crippen LogP contribution in [-0.2, 0) is 5.54 Å². The molecule has 0 aliphatic carbocycles. The molecule has 0 saturated carbocycles. The number of aromatic amines is 1. The standard InChI is InChI=1S/C8H11N5O/c1-8(2,3)13-4-9-6-5(7(13)14)10-12-11-6/h4H,1-3H3,(H,10,11,12). The van der Waals surface area contributed by atoms with Crippen molar-refractivity contribution in [3.05, 3.63) is 16.7 Å². The van der Waals surface area contributed by atoms with E-state index in [2.05, 4.69) is 20.4 Å². The number of hydrogen-bond acceptors (Lipinski definition) is 4. The zero-order valence-corrected chi connectivity index (χ0v) is 8.27. The molecule has 2 heterocycles. The van der Waals surface area contributed by atoms with Crippen molar-refractivity contribution in [2.24, 2.45) is 0 Å². The Morgan fingerprint density at radius 1 is 1.36 bits per heavy atom. The molecule has 0 aliphatic rings. The molecule has 0 spiro atoms. The Morgan fingerprint density at radius 2 is 2.07 bits per heavy atom. The summed E-state index contributed by atoms with van der Waals surface area (Å²) < 4.78 is 1.54. The van der Waals surface area contributed by atoms with Gasteiger partial charge in [-0.1, -0.05) is 0 Å². The highest BCUT2D eigenvalue weighted by Crippen LogP contribution is 2.10. The smallest absolute Gasteiger partial charge is 0.283 e. The van der Waals surface area contributed by atoms with Crippen molar-refractivity contribution in [2.75, 3.05) is 0 Å².